The first-order valence-corrected chi connectivity index (χ1v) is 10.5. The Morgan fingerprint density at radius 1 is 1.10 bits per heavy atom. The SMILES string of the molecule is Cc1cc(C)n(-c2nc(-c3ccccc3)cc(=O)n2CC(=O)N2C[C@@H](C)O[C@H](C)C2)n1. The molecular formula is C23H27N5O3. The number of nitrogens with zero attached hydrogens (tertiary/aromatic N) is 5. The van der Waals surface area contributed by atoms with Crippen LogP contribution in [0.5, 0.6) is 0 Å². The number of rotatable bonds is 4. The zero-order valence-corrected chi connectivity index (χ0v) is 18.3. The van der Waals surface area contributed by atoms with Crippen molar-refractivity contribution < 1.29 is 9.53 Å². The molecule has 0 bridgehead atoms. The predicted molar refractivity (Wildman–Crippen MR) is 117 cm³/mol. The molecule has 1 aromatic carbocycles. The van der Waals surface area contributed by atoms with E-state index in [1.165, 1.54) is 10.6 Å². The highest BCUT2D eigenvalue weighted by Gasteiger charge is 2.27. The molecule has 3 aromatic rings. The van der Waals surface area contributed by atoms with Crippen LogP contribution in [0.1, 0.15) is 25.2 Å². The predicted octanol–water partition coefficient (Wildman–Crippen LogP) is 2.35. The van der Waals surface area contributed by atoms with Gasteiger partial charge in [0, 0.05) is 30.4 Å². The van der Waals surface area contributed by atoms with Crippen molar-refractivity contribution in [1.82, 2.24) is 24.2 Å². The molecule has 2 atom stereocenters. The van der Waals surface area contributed by atoms with Crippen LogP contribution in [0.25, 0.3) is 17.2 Å². The summed E-state index contributed by atoms with van der Waals surface area (Å²) >= 11 is 0. The summed E-state index contributed by atoms with van der Waals surface area (Å²) in [4.78, 5) is 32.7. The Labute approximate surface area is 181 Å². The van der Waals surface area contributed by atoms with E-state index in [1.54, 1.807) is 9.58 Å². The van der Waals surface area contributed by atoms with Gasteiger partial charge in [-0.2, -0.15) is 5.10 Å². The molecular weight excluding hydrogens is 394 g/mol. The van der Waals surface area contributed by atoms with Gasteiger partial charge in [0.05, 0.1) is 23.6 Å². The lowest BCUT2D eigenvalue weighted by molar-refractivity contribution is -0.143. The van der Waals surface area contributed by atoms with Gasteiger partial charge < -0.3 is 9.64 Å². The molecule has 1 aliphatic rings. The van der Waals surface area contributed by atoms with Crippen LogP contribution in [0.15, 0.2) is 47.3 Å². The number of aromatic nitrogens is 4. The van der Waals surface area contributed by atoms with Crippen LogP contribution in [0.2, 0.25) is 0 Å². The van der Waals surface area contributed by atoms with Crippen molar-refractivity contribution in [1.29, 1.82) is 0 Å². The number of amides is 1. The van der Waals surface area contributed by atoms with Crippen LogP contribution in [-0.2, 0) is 16.1 Å². The summed E-state index contributed by atoms with van der Waals surface area (Å²) in [7, 11) is 0. The van der Waals surface area contributed by atoms with Crippen LogP contribution in [0.4, 0.5) is 0 Å². The van der Waals surface area contributed by atoms with Gasteiger partial charge in [0.2, 0.25) is 11.9 Å². The Hall–Kier alpha value is -3.26. The lowest BCUT2D eigenvalue weighted by Crippen LogP contribution is -2.49. The van der Waals surface area contributed by atoms with Crippen LogP contribution >= 0.6 is 0 Å². The molecule has 31 heavy (non-hydrogen) atoms. The van der Waals surface area contributed by atoms with Crippen molar-refractivity contribution in [3.05, 3.63) is 64.2 Å². The highest BCUT2D eigenvalue weighted by atomic mass is 16.5. The van der Waals surface area contributed by atoms with E-state index >= 15 is 0 Å². The average molecular weight is 422 g/mol. The molecule has 162 valence electrons. The number of benzene rings is 1. The van der Waals surface area contributed by atoms with Crippen LogP contribution in [0.3, 0.4) is 0 Å². The van der Waals surface area contributed by atoms with Crippen molar-refractivity contribution in [2.45, 2.75) is 46.4 Å². The maximum absolute atomic E-state index is 13.2. The van der Waals surface area contributed by atoms with Crippen LogP contribution in [0, 0.1) is 13.8 Å². The van der Waals surface area contributed by atoms with Crippen molar-refractivity contribution in [2.75, 3.05) is 13.1 Å². The van der Waals surface area contributed by atoms with Crippen molar-refractivity contribution in [3.63, 3.8) is 0 Å². The minimum atomic E-state index is -0.292. The third-order valence-corrected chi connectivity index (χ3v) is 5.32. The third kappa shape index (κ3) is 4.44. The summed E-state index contributed by atoms with van der Waals surface area (Å²) in [5.41, 5.74) is 2.73. The van der Waals surface area contributed by atoms with E-state index in [9.17, 15) is 9.59 Å². The Bertz CT molecular complexity index is 1140. The van der Waals surface area contributed by atoms with Gasteiger partial charge in [0.15, 0.2) is 0 Å². The molecule has 0 aliphatic carbocycles. The van der Waals surface area contributed by atoms with E-state index in [4.69, 9.17) is 9.72 Å². The lowest BCUT2D eigenvalue weighted by Gasteiger charge is -2.35. The second-order valence-electron chi connectivity index (χ2n) is 8.13. The lowest BCUT2D eigenvalue weighted by atomic mass is 10.1. The first-order valence-electron chi connectivity index (χ1n) is 10.5. The van der Waals surface area contributed by atoms with E-state index in [2.05, 4.69) is 5.10 Å². The fourth-order valence-electron chi connectivity index (χ4n) is 4.01. The van der Waals surface area contributed by atoms with Gasteiger partial charge in [-0.05, 0) is 33.8 Å². The number of hydrogen-bond donors (Lipinski definition) is 0. The average Bonchev–Trinajstić information content (AvgIpc) is 3.07. The molecule has 8 nitrogen and oxygen atoms in total. The van der Waals surface area contributed by atoms with Gasteiger partial charge in [-0.25, -0.2) is 9.67 Å². The zero-order chi connectivity index (χ0) is 22.1. The van der Waals surface area contributed by atoms with Gasteiger partial charge in [-0.1, -0.05) is 30.3 Å². The fourth-order valence-corrected chi connectivity index (χ4v) is 4.01. The maximum atomic E-state index is 13.2. The van der Waals surface area contributed by atoms with E-state index in [-0.39, 0.29) is 30.2 Å². The second kappa shape index (κ2) is 8.47. The van der Waals surface area contributed by atoms with E-state index in [1.807, 2.05) is 64.1 Å². The minimum absolute atomic E-state index is 0.0431. The number of ether oxygens (including phenoxy) is 1. The monoisotopic (exact) mass is 421 g/mol. The Balaban J connectivity index is 1.77. The Morgan fingerprint density at radius 2 is 1.77 bits per heavy atom. The summed E-state index contributed by atoms with van der Waals surface area (Å²) in [6.45, 7) is 8.58. The normalized spacial score (nSPS) is 18.9. The van der Waals surface area contributed by atoms with Crippen molar-refractivity contribution in [2.24, 2.45) is 0 Å². The Kier molecular flexibility index (Phi) is 5.73. The van der Waals surface area contributed by atoms with Crippen LogP contribution < -0.4 is 5.56 Å². The van der Waals surface area contributed by atoms with Crippen molar-refractivity contribution in [3.8, 4) is 17.2 Å². The molecule has 8 heteroatoms. The zero-order valence-electron chi connectivity index (χ0n) is 18.3. The van der Waals surface area contributed by atoms with E-state index < -0.39 is 0 Å². The summed E-state index contributed by atoms with van der Waals surface area (Å²) in [5, 5.41) is 4.51. The molecule has 0 unspecified atom stereocenters. The maximum Gasteiger partial charge on any atom is 0.256 e. The van der Waals surface area contributed by atoms with Crippen LogP contribution in [-0.4, -0.2) is 55.4 Å². The summed E-state index contributed by atoms with van der Waals surface area (Å²) in [6.07, 6.45) is -0.0861. The van der Waals surface area contributed by atoms with E-state index in [0.717, 1.165) is 17.0 Å². The second-order valence-corrected chi connectivity index (χ2v) is 8.13. The highest BCUT2D eigenvalue weighted by molar-refractivity contribution is 5.76. The molecule has 2 aromatic heterocycles. The summed E-state index contributed by atoms with van der Waals surface area (Å²) in [5.74, 6) is 0.195. The first-order chi connectivity index (χ1) is 14.8. The topological polar surface area (TPSA) is 82.2 Å². The van der Waals surface area contributed by atoms with Gasteiger partial charge in [-0.15, -0.1) is 0 Å². The summed E-state index contributed by atoms with van der Waals surface area (Å²) < 4.78 is 8.76. The third-order valence-electron chi connectivity index (χ3n) is 5.32. The molecule has 0 radical (unpaired) electrons. The van der Waals surface area contributed by atoms with Gasteiger partial charge in [0.25, 0.3) is 5.56 Å². The molecule has 1 aliphatic heterocycles. The number of carbonyl (C=O) groups excluding carboxylic acids is 1. The molecule has 4 rings (SSSR count). The molecule has 0 N–H and O–H groups in total. The fraction of sp³-hybridized carbons (Fsp3) is 0.391. The standard InChI is InChI=1S/C23H27N5O3/c1-15-10-16(2)28(25-15)23-24-20(19-8-6-5-7-9-19)11-21(29)27(23)14-22(30)26-12-17(3)31-18(4)13-26/h5-11,17-18H,12-14H2,1-4H3/t17-,18-/m1/s1. The number of carbonyl (C=O) groups is 1. The van der Waals surface area contributed by atoms with Gasteiger partial charge in [-0.3, -0.25) is 14.2 Å². The van der Waals surface area contributed by atoms with E-state index in [0.29, 0.717) is 24.7 Å². The first kappa shape index (κ1) is 21.0. The Morgan fingerprint density at radius 3 is 2.39 bits per heavy atom. The van der Waals surface area contributed by atoms with Gasteiger partial charge in [0.1, 0.15) is 6.54 Å². The summed E-state index contributed by atoms with van der Waals surface area (Å²) in [6, 6.07) is 12.9. The number of aryl methyl sites for hydroxylation is 2. The highest BCUT2D eigenvalue weighted by Crippen LogP contribution is 2.18. The van der Waals surface area contributed by atoms with Crippen molar-refractivity contribution >= 4 is 5.91 Å². The molecule has 3 heterocycles. The molecule has 0 spiro atoms. The smallest absolute Gasteiger partial charge is 0.256 e. The largest absolute Gasteiger partial charge is 0.372 e. The molecule has 1 fully saturated rings. The molecule has 1 saturated heterocycles. The number of hydrogen-bond acceptors (Lipinski definition) is 5. The molecule has 1 amide bonds. The quantitative estimate of drug-likeness (QED) is 0.646. The molecule has 0 saturated carbocycles. The minimum Gasteiger partial charge on any atom is -0.372 e. The van der Waals surface area contributed by atoms with Gasteiger partial charge >= 0.3 is 0 Å². The number of morpholine rings is 1.